The lowest BCUT2D eigenvalue weighted by atomic mass is 9.98. The molecule has 1 fully saturated rings. The van der Waals surface area contributed by atoms with Gasteiger partial charge in [0.2, 0.25) is 5.95 Å². The van der Waals surface area contributed by atoms with Crippen molar-refractivity contribution in [2.24, 2.45) is 0 Å². The molecule has 31 heavy (non-hydrogen) atoms. The Balaban J connectivity index is 1.88. The summed E-state index contributed by atoms with van der Waals surface area (Å²) in [4.78, 5) is 17.5. The van der Waals surface area contributed by atoms with Crippen LogP contribution >= 0.6 is 0 Å². The second-order valence-electron chi connectivity index (χ2n) is 7.80. The fourth-order valence-corrected chi connectivity index (χ4v) is 3.70. The van der Waals surface area contributed by atoms with Gasteiger partial charge in [0, 0.05) is 25.8 Å². The van der Waals surface area contributed by atoms with Crippen LogP contribution in [0.3, 0.4) is 0 Å². The van der Waals surface area contributed by atoms with E-state index >= 15 is 0 Å². The van der Waals surface area contributed by atoms with Gasteiger partial charge in [0.25, 0.3) is 0 Å². The monoisotopic (exact) mass is 431 g/mol. The van der Waals surface area contributed by atoms with Crippen LogP contribution in [0.2, 0.25) is 0 Å². The minimum absolute atomic E-state index is 0.133. The van der Waals surface area contributed by atoms with E-state index in [0.717, 1.165) is 6.07 Å². The van der Waals surface area contributed by atoms with Crippen LogP contribution in [0, 0.1) is 0 Å². The molecule has 1 atom stereocenters. The van der Waals surface area contributed by atoms with E-state index in [0.29, 0.717) is 36.0 Å². The Hall–Kier alpha value is -2.94. The summed E-state index contributed by atoms with van der Waals surface area (Å²) in [5, 5.41) is 0.694. The minimum Gasteiger partial charge on any atom is -0.377 e. The van der Waals surface area contributed by atoms with Crippen LogP contribution in [0.1, 0.15) is 31.0 Å². The highest BCUT2D eigenvalue weighted by molar-refractivity contribution is 5.88. The van der Waals surface area contributed by atoms with Gasteiger partial charge >= 0.3 is 6.18 Å². The Kier molecular flexibility index (Phi) is 5.70. The number of halogens is 3. The highest BCUT2D eigenvalue weighted by Gasteiger charge is 2.38. The van der Waals surface area contributed by atoms with E-state index in [-0.39, 0.29) is 18.2 Å². The number of benzene rings is 1. The van der Waals surface area contributed by atoms with Gasteiger partial charge in [-0.1, -0.05) is 18.2 Å². The maximum atomic E-state index is 13.7. The summed E-state index contributed by atoms with van der Waals surface area (Å²) in [6.07, 6.45) is -2.81. The standard InChI is InChI=1S/C22H24F3N5O/c1-14(2)29(3)21-27-19-16(8-6-10-26-19)20(28-21)30-11-12-31-13-18(30)15-7-4-5-9-17(15)22(23,24)25/h4-10,14,18H,11-13H2,1-3H3. The van der Waals surface area contributed by atoms with Crippen molar-refractivity contribution in [3.05, 3.63) is 53.7 Å². The van der Waals surface area contributed by atoms with Crippen LogP contribution < -0.4 is 9.80 Å². The molecular formula is C22H24F3N5O. The van der Waals surface area contributed by atoms with E-state index in [9.17, 15) is 13.2 Å². The van der Waals surface area contributed by atoms with Crippen molar-refractivity contribution in [1.82, 2.24) is 15.0 Å². The van der Waals surface area contributed by atoms with Gasteiger partial charge in [0.1, 0.15) is 5.82 Å². The smallest absolute Gasteiger partial charge is 0.377 e. The van der Waals surface area contributed by atoms with E-state index in [1.165, 1.54) is 12.1 Å². The third-order valence-electron chi connectivity index (χ3n) is 5.56. The molecule has 4 rings (SSSR count). The number of hydrogen-bond acceptors (Lipinski definition) is 6. The Morgan fingerprint density at radius 2 is 1.90 bits per heavy atom. The van der Waals surface area contributed by atoms with Crippen LogP contribution in [0.15, 0.2) is 42.6 Å². The third kappa shape index (κ3) is 4.14. The number of anilines is 2. The average Bonchev–Trinajstić information content (AvgIpc) is 2.77. The van der Waals surface area contributed by atoms with Gasteiger partial charge in [-0.2, -0.15) is 23.1 Å². The quantitative estimate of drug-likeness (QED) is 0.608. The molecule has 1 saturated heterocycles. The first-order chi connectivity index (χ1) is 14.8. The number of hydrogen-bond donors (Lipinski definition) is 0. The fourth-order valence-electron chi connectivity index (χ4n) is 3.70. The second kappa shape index (κ2) is 8.30. The average molecular weight is 431 g/mol. The van der Waals surface area contributed by atoms with E-state index in [2.05, 4.69) is 9.97 Å². The predicted octanol–water partition coefficient (Wildman–Crippen LogP) is 4.47. The lowest BCUT2D eigenvalue weighted by Gasteiger charge is -2.38. The van der Waals surface area contributed by atoms with Crippen molar-refractivity contribution in [2.75, 3.05) is 36.6 Å². The normalized spacial score (nSPS) is 17.4. The van der Waals surface area contributed by atoms with Gasteiger partial charge in [-0.15, -0.1) is 0 Å². The molecule has 0 N–H and O–H groups in total. The number of pyridine rings is 1. The van der Waals surface area contributed by atoms with Crippen molar-refractivity contribution in [1.29, 1.82) is 0 Å². The molecule has 9 heteroatoms. The zero-order valence-electron chi connectivity index (χ0n) is 17.6. The fraction of sp³-hybridized carbons (Fsp3) is 0.409. The molecule has 0 aliphatic carbocycles. The summed E-state index contributed by atoms with van der Waals surface area (Å²) >= 11 is 0. The number of aromatic nitrogens is 3. The van der Waals surface area contributed by atoms with Gasteiger partial charge in [-0.05, 0) is 37.6 Å². The molecule has 0 saturated carbocycles. The number of fused-ring (bicyclic) bond motifs is 1. The molecule has 0 spiro atoms. The number of alkyl halides is 3. The van der Waals surface area contributed by atoms with E-state index in [1.807, 2.05) is 36.8 Å². The molecule has 0 radical (unpaired) electrons. The van der Waals surface area contributed by atoms with Crippen LogP contribution in [-0.4, -0.2) is 47.8 Å². The Morgan fingerprint density at radius 3 is 2.65 bits per heavy atom. The minimum atomic E-state index is -4.46. The van der Waals surface area contributed by atoms with Crippen LogP contribution in [-0.2, 0) is 10.9 Å². The number of rotatable bonds is 4. The Labute approximate surface area is 178 Å². The lowest BCUT2D eigenvalue weighted by Crippen LogP contribution is -2.41. The summed E-state index contributed by atoms with van der Waals surface area (Å²) in [6.45, 7) is 4.97. The SMILES string of the molecule is CC(C)N(C)c1nc(N2CCOCC2c2ccccc2C(F)(F)F)c2cccnc2n1. The van der Waals surface area contributed by atoms with E-state index < -0.39 is 17.8 Å². The molecule has 1 aliphatic rings. The molecule has 1 aliphatic heterocycles. The van der Waals surface area contributed by atoms with E-state index in [1.54, 1.807) is 18.3 Å². The zero-order chi connectivity index (χ0) is 22.2. The number of ether oxygens (including phenoxy) is 1. The van der Waals surface area contributed by atoms with Crippen LogP contribution in [0.5, 0.6) is 0 Å². The van der Waals surface area contributed by atoms with Crippen molar-refractivity contribution >= 4 is 22.8 Å². The summed E-state index contributed by atoms with van der Waals surface area (Å²) in [7, 11) is 1.88. The molecule has 1 aromatic carbocycles. The Bertz CT molecular complexity index is 1070. The molecular weight excluding hydrogens is 407 g/mol. The first-order valence-corrected chi connectivity index (χ1v) is 10.1. The summed E-state index contributed by atoms with van der Waals surface area (Å²) in [5.41, 5.74) is 0.0139. The summed E-state index contributed by atoms with van der Waals surface area (Å²) < 4.78 is 46.8. The van der Waals surface area contributed by atoms with Crippen LogP contribution in [0.4, 0.5) is 24.9 Å². The molecule has 1 unspecified atom stereocenters. The van der Waals surface area contributed by atoms with Gasteiger partial charge in [-0.25, -0.2) is 4.98 Å². The van der Waals surface area contributed by atoms with Gasteiger partial charge < -0.3 is 14.5 Å². The van der Waals surface area contributed by atoms with Crippen molar-refractivity contribution in [2.45, 2.75) is 32.1 Å². The van der Waals surface area contributed by atoms with Gasteiger partial charge in [-0.3, -0.25) is 0 Å². The van der Waals surface area contributed by atoms with Crippen LogP contribution in [0.25, 0.3) is 11.0 Å². The lowest BCUT2D eigenvalue weighted by molar-refractivity contribution is -0.138. The first kappa shape index (κ1) is 21.3. The molecule has 0 bridgehead atoms. The molecule has 164 valence electrons. The molecule has 3 heterocycles. The molecule has 3 aromatic rings. The molecule has 0 amide bonds. The van der Waals surface area contributed by atoms with Crippen molar-refractivity contribution in [3.8, 4) is 0 Å². The number of nitrogens with zero attached hydrogens (tertiary/aromatic N) is 5. The number of morpholine rings is 1. The summed E-state index contributed by atoms with van der Waals surface area (Å²) in [6, 6.07) is 8.77. The van der Waals surface area contributed by atoms with Crippen molar-refractivity contribution < 1.29 is 17.9 Å². The summed E-state index contributed by atoms with van der Waals surface area (Å²) in [5.74, 6) is 1.04. The topological polar surface area (TPSA) is 54.4 Å². The third-order valence-corrected chi connectivity index (χ3v) is 5.56. The molecule has 2 aromatic heterocycles. The largest absolute Gasteiger partial charge is 0.416 e. The highest BCUT2D eigenvalue weighted by atomic mass is 19.4. The molecule has 6 nitrogen and oxygen atoms in total. The van der Waals surface area contributed by atoms with Gasteiger partial charge in [0.15, 0.2) is 5.65 Å². The highest BCUT2D eigenvalue weighted by Crippen LogP contribution is 2.39. The second-order valence-corrected chi connectivity index (χ2v) is 7.80. The van der Waals surface area contributed by atoms with Gasteiger partial charge in [0.05, 0.1) is 30.2 Å². The van der Waals surface area contributed by atoms with Crippen molar-refractivity contribution in [3.63, 3.8) is 0 Å². The maximum Gasteiger partial charge on any atom is 0.416 e. The predicted molar refractivity (Wildman–Crippen MR) is 113 cm³/mol. The first-order valence-electron chi connectivity index (χ1n) is 10.1. The Morgan fingerprint density at radius 1 is 1.13 bits per heavy atom. The van der Waals surface area contributed by atoms with E-state index in [4.69, 9.17) is 9.72 Å². The zero-order valence-corrected chi connectivity index (χ0v) is 17.6. The maximum absolute atomic E-state index is 13.7.